The van der Waals surface area contributed by atoms with Gasteiger partial charge in [-0.05, 0) is 54.7 Å². The van der Waals surface area contributed by atoms with E-state index in [4.69, 9.17) is 0 Å². The normalized spacial score (nSPS) is 17.4. The van der Waals surface area contributed by atoms with Crippen molar-refractivity contribution in [3.63, 3.8) is 0 Å². The summed E-state index contributed by atoms with van der Waals surface area (Å²) in [6, 6.07) is 6.92. The van der Waals surface area contributed by atoms with E-state index in [0.29, 0.717) is 6.07 Å². The molecular formula is C21H22F3N3O4S. The first-order chi connectivity index (χ1) is 15.1. The summed E-state index contributed by atoms with van der Waals surface area (Å²) in [5.41, 5.74) is -0.403. The van der Waals surface area contributed by atoms with Crippen LogP contribution in [0.4, 0.5) is 13.2 Å². The molecule has 4 rings (SSSR count). The topological polar surface area (TPSA) is 79.7 Å². The third-order valence-electron chi connectivity index (χ3n) is 5.93. The maximum absolute atomic E-state index is 13.0. The van der Waals surface area contributed by atoms with Crippen LogP contribution in [0.2, 0.25) is 0 Å². The summed E-state index contributed by atoms with van der Waals surface area (Å²) >= 11 is 0. The molecule has 0 atom stereocenters. The highest BCUT2D eigenvalue weighted by molar-refractivity contribution is 7.89. The van der Waals surface area contributed by atoms with Crippen LogP contribution in [0.25, 0.3) is 0 Å². The number of benzene rings is 1. The first kappa shape index (κ1) is 22.5. The van der Waals surface area contributed by atoms with E-state index in [1.807, 2.05) is 6.07 Å². The Hall–Kier alpha value is -2.66. The van der Waals surface area contributed by atoms with Gasteiger partial charge >= 0.3 is 6.18 Å². The Labute approximate surface area is 183 Å². The van der Waals surface area contributed by atoms with Gasteiger partial charge in [-0.25, -0.2) is 8.42 Å². The maximum atomic E-state index is 13.0. The molecule has 2 aliphatic rings. The lowest BCUT2D eigenvalue weighted by Crippen LogP contribution is -2.51. The van der Waals surface area contributed by atoms with Crippen molar-refractivity contribution < 1.29 is 26.4 Å². The number of fused-ring (bicyclic) bond motifs is 1. The van der Waals surface area contributed by atoms with Gasteiger partial charge in [-0.2, -0.15) is 17.5 Å². The Morgan fingerprint density at radius 2 is 1.69 bits per heavy atom. The van der Waals surface area contributed by atoms with E-state index in [1.54, 1.807) is 12.1 Å². The van der Waals surface area contributed by atoms with Gasteiger partial charge in [0.15, 0.2) is 0 Å². The van der Waals surface area contributed by atoms with Gasteiger partial charge in [-0.1, -0.05) is 6.07 Å². The molecule has 0 saturated carbocycles. The number of piperazine rings is 1. The largest absolute Gasteiger partial charge is 0.421 e. The van der Waals surface area contributed by atoms with Crippen molar-refractivity contribution in [2.45, 2.75) is 36.9 Å². The molecule has 0 unspecified atom stereocenters. The number of nitrogens with zero attached hydrogens (tertiary/aromatic N) is 3. The average molecular weight is 469 g/mol. The van der Waals surface area contributed by atoms with Crippen LogP contribution in [-0.4, -0.2) is 54.3 Å². The fraction of sp³-hybridized carbons (Fsp3) is 0.429. The smallest absolute Gasteiger partial charge is 0.339 e. The van der Waals surface area contributed by atoms with Crippen molar-refractivity contribution in [1.82, 2.24) is 13.8 Å². The van der Waals surface area contributed by atoms with Gasteiger partial charge in [0.2, 0.25) is 15.9 Å². The van der Waals surface area contributed by atoms with E-state index in [1.165, 1.54) is 14.8 Å². The Kier molecular flexibility index (Phi) is 5.89. The highest BCUT2D eigenvalue weighted by Crippen LogP contribution is 2.27. The van der Waals surface area contributed by atoms with Crippen LogP contribution in [0.5, 0.6) is 0 Å². The molecule has 1 aromatic carbocycles. The molecule has 1 saturated heterocycles. The Morgan fingerprint density at radius 1 is 1.00 bits per heavy atom. The Morgan fingerprint density at radius 3 is 2.38 bits per heavy atom. The summed E-state index contributed by atoms with van der Waals surface area (Å²) in [4.78, 5) is 26.2. The number of aromatic nitrogens is 1. The molecule has 1 fully saturated rings. The number of rotatable bonds is 4. The number of hydrogen-bond donors (Lipinski definition) is 0. The van der Waals surface area contributed by atoms with Gasteiger partial charge < -0.3 is 9.47 Å². The molecule has 1 aliphatic heterocycles. The van der Waals surface area contributed by atoms with E-state index < -0.39 is 39.8 Å². The molecule has 2 heterocycles. The standard InChI is InChI=1S/C21H22F3N3O4S/c22-21(23,24)18-5-2-8-26(20(18)29)14-19(28)25-9-11-27(12-10-25)32(30,31)17-7-6-15-3-1-4-16(15)13-17/h2,5-8,13H,1,3-4,9-12,14H2. The maximum Gasteiger partial charge on any atom is 0.421 e. The minimum atomic E-state index is -4.80. The second-order valence-electron chi connectivity index (χ2n) is 7.92. The minimum Gasteiger partial charge on any atom is -0.339 e. The number of pyridine rings is 1. The number of halogens is 3. The lowest BCUT2D eigenvalue weighted by Gasteiger charge is -2.34. The molecule has 0 bridgehead atoms. The molecule has 0 spiro atoms. The molecule has 0 N–H and O–H groups in total. The molecular weight excluding hydrogens is 447 g/mol. The first-order valence-electron chi connectivity index (χ1n) is 10.2. The zero-order valence-electron chi connectivity index (χ0n) is 17.1. The van der Waals surface area contributed by atoms with Crippen molar-refractivity contribution in [1.29, 1.82) is 0 Å². The second kappa shape index (κ2) is 8.36. The molecule has 7 nitrogen and oxygen atoms in total. The van der Waals surface area contributed by atoms with E-state index in [0.717, 1.165) is 41.7 Å². The van der Waals surface area contributed by atoms with Crippen molar-refractivity contribution in [3.8, 4) is 0 Å². The molecule has 1 amide bonds. The van der Waals surface area contributed by atoms with E-state index in [9.17, 15) is 31.2 Å². The zero-order valence-corrected chi connectivity index (χ0v) is 18.0. The van der Waals surface area contributed by atoms with Crippen LogP contribution in [0.3, 0.4) is 0 Å². The quantitative estimate of drug-likeness (QED) is 0.685. The number of carbonyl (C=O) groups is 1. The van der Waals surface area contributed by atoms with Crippen LogP contribution >= 0.6 is 0 Å². The third-order valence-corrected chi connectivity index (χ3v) is 7.82. The molecule has 1 aliphatic carbocycles. The predicted molar refractivity (Wildman–Crippen MR) is 110 cm³/mol. The van der Waals surface area contributed by atoms with Crippen LogP contribution < -0.4 is 5.56 Å². The second-order valence-corrected chi connectivity index (χ2v) is 9.86. The molecule has 11 heteroatoms. The molecule has 172 valence electrons. The fourth-order valence-electron chi connectivity index (χ4n) is 4.16. The number of sulfonamides is 1. The Bertz CT molecular complexity index is 1200. The van der Waals surface area contributed by atoms with Crippen molar-refractivity contribution in [2.75, 3.05) is 26.2 Å². The van der Waals surface area contributed by atoms with Gasteiger partial charge in [-0.3, -0.25) is 9.59 Å². The number of hydrogen-bond acceptors (Lipinski definition) is 4. The van der Waals surface area contributed by atoms with Crippen LogP contribution in [0.1, 0.15) is 23.1 Å². The summed E-state index contributed by atoms with van der Waals surface area (Å²) in [6.07, 6.45) is -0.861. The van der Waals surface area contributed by atoms with Crippen molar-refractivity contribution in [2.24, 2.45) is 0 Å². The Balaban J connectivity index is 1.42. The summed E-state index contributed by atoms with van der Waals surface area (Å²) in [5, 5.41) is 0. The van der Waals surface area contributed by atoms with Gasteiger partial charge in [0.1, 0.15) is 12.1 Å². The number of carbonyl (C=O) groups excluding carboxylic acids is 1. The number of alkyl halides is 3. The predicted octanol–water partition coefficient (Wildman–Crippen LogP) is 1.89. The lowest BCUT2D eigenvalue weighted by atomic mass is 10.1. The fourth-order valence-corrected chi connectivity index (χ4v) is 5.63. The SMILES string of the molecule is O=C(Cn1cccc(C(F)(F)F)c1=O)N1CCN(S(=O)(=O)c2ccc3c(c2)CCC3)CC1. The monoisotopic (exact) mass is 469 g/mol. The lowest BCUT2D eigenvalue weighted by molar-refractivity contribution is -0.139. The van der Waals surface area contributed by atoms with Gasteiger partial charge in [0.05, 0.1) is 4.90 Å². The summed E-state index contributed by atoms with van der Waals surface area (Å²) < 4.78 is 66.8. The summed E-state index contributed by atoms with van der Waals surface area (Å²) in [7, 11) is -3.71. The van der Waals surface area contributed by atoms with Gasteiger partial charge in [0, 0.05) is 32.4 Å². The molecule has 1 aromatic heterocycles. The van der Waals surface area contributed by atoms with Gasteiger partial charge in [-0.15, -0.1) is 0 Å². The highest BCUT2D eigenvalue weighted by atomic mass is 32.2. The third kappa shape index (κ3) is 4.31. The summed E-state index contributed by atoms with van der Waals surface area (Å²) in [5.74, 6) is -0.541. The minimum absolute atomic E-state index is 0.0721. The van der Waals surface area contributed by atoms with Crippen LogP contribution in [0.15, 0.2) is 46.2 Å². The highest BCUT2D eigenvalue weighted by Gasteiger charge is 2.35. The number of amides is 1. The molecule has 0 radical (unpaired) electrons. The van der Waals surface area contributed by atoms with Crippen molar-refractivity contribution >= 4 is 15.9 Å². The van der Waals surface area contributed by atoms with E-state index in [-0.39, 0.29) is 31.1 Å². The van der Waals surface area contributed by atoms with E-state index >= 15 is 0 Å². The zero-order chi connectivity index (χ0) is 23.1. The molecule has 32 heavy (non-hydrogen) atoms. The van der Waals surface area contributed by atoms with Crippen molar-refractivity contribution in [3.05, 3.63) is 63.6 Å². The van der Waals surface area contributed by atoms with Crippen LogP contribution in [0, 0.1) is 0 Å². The number of aryl methyl sites for hydroxylation is 2. The van der Waals surface area contributed by atoms with E-state index in [2.05, 4.69) is 0 Å². The van der Waals surface area contributed by atoms with Gasteiger partial charge in [0.25, 0.3) is 5.56 Å². The first-order valence-corrected chi connectivity index (χ1v) is 11.7. The van der Waals surface area contributed by atoms with Crippen LogP contribution in [-0.2, 0) is 40.4 Å². The average Bonchev–Trinajstić information content (AvgIpc) is 3.22. The summed E-state index contributed by atoms with van der Waals surface area (Å²) in [6.45, 7) is -0.209. The molecule has 2 aromatic rings.